The zero-order chi connectivity index (χ0) is 18.8. The number of carboxylic acids is 1. The number of rotatable bonds is 7. The lowest BCUT2D eigenvalue weighted by Gasteiger charge is -2.49. The minimum atomic E-state index is -1.12. The van der Waals surface area contributed by atoms with Gasteiger partial charge >= 0.3 is 5.97 Å². The lowest BCUT2D eigenvalue weighted by Crippen LogP contribution is -2.70. The Labute approximate surface area is 162 Å². The molecule has 11 heteroatoms. The summed E-state index contributed by atoms with van der Waals surface area (Å²) in [6, 6.07) is -0.645. The summed E-state index contributed by atoms with van der Waals surface area (Å²) in [5, 5.41) is 20.8. The maximum atomic E-state index is 12.4. The first-order valence-electron chi connectivity index (χ1n) is 8.04. The van der Waals surface area contributed by atoms with E-state index < -0.39 is 12.0 Å². The third-order valence-electron chi connectivity index (χ3n) is 3.92. The first kappa shape index (κ1) is 19.2. The molecule has 0 spiro atoms. The summed E-state index contributed by atoms with van der Waals surface area (Å²) in [4.78, 5) is 37.3. The summed E-state index contributed by atoms with van der Waals surface area (Å²) in [6.45, 7) is 3.74. The van der Waals surface area contributed by atoms with Crippen LogP contribution in [0.15, 0.2) is 15.6 Å². The summed E-state index contributed by atoms with van der Waals surface area (Å²) in [5.74, 6) is -0.725. The molecule has 1 fully saturated rings. The highest BCUT2D eigenvalue weighted by Gasteiger charge is 2.54. The average Bonchev–Trinajstić information content (AvgIpc) is 3.02. The number of thioether (sulfide) groups is 2. The van der Waals surface area contributed by atoms with Gasteiger partial charge in [0.25, 0.3) is 5.91 Å². The number of hydrogen-bond donors (Lipinski definition) is 2. The average molecular weight is 415 g/mol. The normalized spacial score (nSPS) is 22.1. The topological polar surface area (TPSA) is 112 Å². The Bertz CT molecular complexity index is 779. The highest BCUT2D eigenvalue weighted by atomic mass is 32.2. The minimum Gasteiger partial charge on any atom is -0.477 e. The quantitative estimate of drug-likeness (QED) is 0.510. The van der Waals surface area contributed by atoms with Crippen molar-refractivity contribution in [1.29, 1.82) is 0 Å². The Kier molecular flexibility index (Phi) is 5.88. The van der Waals surface area contributed by atoms with Crippen LogP contribution in [0.25, 0.3) is 0 Å². The second-order valence-electron chi connectivity index (χ2n) is 5.84. The van der Waals surface area contributed by atoms with E-state index >= 15 is 0 Å². The molecule has 0 aliphatic carbocycles. The Hall–Kier alpha value is -1.59. The van der Waals surface area contributed by atoms with E-state index in [9.17, 15) is 19.5 Å². The number of carboxylic acid groups (broad SMARTS) is 1. The summed E-state index contributed by atoms with van der Waals surface area (Å²) in [6.07, 6.45) is 1.05. The SMILES string of the molecule is CCCC(=O)N[C@H]1C(=O)N2C(C(=O)O)=C(CSc3nnc(C)s3)CS[C@@H]12. The van der Waals surface area contributed by atoms with Gasteiger partial charge in [-0.3, -0.25) is 14.5 Å². The van der Waals surface area contributed by atoms with Crippen LogP contribution < -0.4 is 5.32 Å². The van der Waals surface area contributed by atoms with Crippen LogP contribution in [0.4, 0.5) is 0 Å². The van der Waals surface area contributed by atoms with Gasteiger partial charge in [0.1, 0.15) is 22.1 Å². The fraction of sp³-hybridized carbons (Fsp3) is 0.533. The molecule has 1 aromatic heterocycles. The monoisotopic (exact) mass is 414 g/mol. The van der Waals surface area contributed by atoms with Crippen molar-refractivity contribution in [2.75, 3.05) is 11.5 Å². The molecule has 2 aliphatic rings. The molecule has 140 valence electrons. The number of β-lactam (4-membered cyclic amide) rings is 1. The number of aliphatic carboxylic acids is 1. The molecular formula is C15H18N4O4S3. The number of aromatic nitrogens is 2. The number of carbonyl (C=O) groups excluding carboxylic acids is 2. The molecule has 0 bridgehead atoms. The van der Waals surface area contributed by atoms with Gasteiger partial charge < -0.3 is 10.4 Å². The summed E-state index contributed by atoms with van der Waals surface area (Å²) < 4.78 is 0.770. The maximum Gasteiger partial charge on any atom is 0.352 e. The third kappa shape index (κ3) is 3.74. The zero-order valence-electron chi connectivity index (χ0n) is 14.2. The van der Waals surface area contributed by atoms with Gasteiger partial charge in [0.2, 0.25) is 5.91 Å². The van der Waals surface area contributed by atoms with Crippen molar-refractivity contribution in [2.45, 2.75) is 42.4 Å². The molecule has 26 heavy (non-hydrogen) atoms. The minimum absolute atomic E-state index is 0.0356. The second kappa shape index (κ2) is 7.97. The van der Waals surface area contributed by atoms with Gasteiger partial charge in [0.05, 0.1) is 0 Å². The molecule has 1 saturated heterocycles. The molecule has 3 heterocycles. The van der Waals surface area contributed by atoms with E-state index in [1.54, 1.807) is 0 Å². The zero-order valence-corrected chi connectivity index (χ0v) is 16.7. The first-order chi connectivity index (χ1) is 12.4. The predicted octanol–water partition coefficient (Wildman–Crippen LogP) is 1.48. The molecule has 8 nitrogen and oxygen atoms in total. The smallest absolute Gasteiger partial charge is 0.352 e. The molecule has 0 unspecified atom stereocenters. The largest absolute Gasteiger partial charge is 0.477 e. The van der Waals surface area contributed by atoms with Crippen molar-refractivity contribution in [3.05, 3.63) is 16.3 Å². The summed E-state index contributed by atoms with van der Waals surface area (Å²) in [5.41, 5.74) is 0.719. The fourth-order valence-corrected chi connectivity index (χ4v) is 6.05. The number of nitrogens with zero attached hydrogens (tertiary/aromatic N) is 3. The van der Waals surface area contributed by atoms with Gasteiger partial charge in [-0.15, -0.1) is 22.0 Å². The molecule has 2 amide bonds. The van der Waals surface area contributed by atoms with Crippen molar-refractivity contribution in [3.8, 4) is 0 Å². The van der Waals surface area contributed by atoms with Crippen molar-refractivity contribution >= 4 is 52.6 Å². The van der Waals surface area contributed by atoms with Crippen molar-refractivity contribution in [2.24, 2.45) is 0 Å². The van der Waals surface area contributed by atoms with Crippen LogP contribution in [0.1, 0.15) is 24.8 Å². The summed E-state index contributed by atoms with van der Waals surface area (Å²) in [7, 11) is 0. The van der Waals surface area contributed by atoms with Gasteiger partial charge in [-0.2, -0.15) is 0 Å². The van der Waals surface area contributed by atoms with E-state index in [4.69, 9.17) is 0 Å². The highest BCUT2D eigenvalue weighted by Crippen LogP contribution is 2.41. The molecule has 2 N–H and O–H groups in total. The summed E-state index contributed by atoms with van der Waals surface area (Å²) >= 11 is 4.35. The number of amides is 2. The van der Waals surface area contributed by atoms with Crippen LogP contribution in [0, 0.1) is 6.92 Å². The standard InChI is InChI=1S/C15H18N4O4S3/c1-3-4-9(20)16-10-12(21)19-11(14(22)23)8(5-24-13(10)19)6-25-15-18-17-7(2)26-15/h10,13H,3-6H2,1-2H3,(H,16,20)(H,22,23)/t10-,13-/m0/s1. The lowest BCUT2D eigenvalue weighted by molar-refractivity contribution is -0.150. The Morgan fingerprint density at radius 1 is 1.42 bits per heavy atom. The third-order valence-corrected chi connectivity index (χ3v) is 7.32. The van der Waals surface area contributed by atoms with Gasteiger partial charge in [-0.1, -0.05) is 30.0 Å². The number of aryl methyl sites for hydroxylation is 1. The van der Waals surface area contributed by atoms with E-state index in [2.05, 4.69) is 15.5 Å². The predicted molar refractivity (Wildman–Crippen MR) is 100.0 cm³/mol. The molecule has 1 aromatic rings. The maximum absolute atomic E-state index is 12.4. The van der Waals surface area contributed by atoms with E-state index in [0.717, 1.165) is 9.35 Å². The van der Waals surface area contributed by atoms with Crippen molar-refractivity contribution < 1.29 is 19.5 Å². The van der Waals surface area contributed by atoms with E-state index in [-0.39, 0.29) is 22.9 Å². The molecule has 0 saturated carbocycles. The number of fused-ring (bicyclic) bond motifs is 1. The van der Waals surface area contributed by atoms with Crippen molar-refractivity contribution in [3.63, 3.8) is 0 Å². The van der Waals surface area contributed by atoms with Crippen LogP contribution in [0.2, 0.25) is 0 Å². The Morgan fingerprint density at radius 3 is 2.81 bits per heavy atom. The van der Waals surface area contributed by atoms with Crippen LogP contribution in [0.3, 0.4) is 0 Å². The van der Waals surface area contributed by atoms with Crippen LogP contribution >= 0.6 is 34.9 Å². The van der Waals surface area contributed by atoms with Crippen LogP contribution in [0.5, 0.6) is 0 Å². The van der Waals surface area contributed by atoms with E-state index in [1.807, 2.05) is 13.8 Å². The number of nitrogens with one attached hydrogen (secondary N) is 1. The van der Waals surface area contributed by atoms with E-state index in [0.29, 0.717) is 29.9 Å². The van der Waals surface area contributed by atoms with Gasteiger partial charge in [0, 0.05) is 17.9 Å². The number of carbonyl (C=O) groups is 3. The van der Waals surface area contributed by atoms with Gasteiger partial charge in [-0.05, 0) is 18.9 Å². The molecule has 0 radical (unpaired) electrons. The number of hydrogen-bond acceptors (Lipinski definition) is 8. The van der Waals surface area contributed by atoms with Crippen molar-refractivity contribution in [1.82, 2.24) is 20.4 Å². The Morgan fingerprint density at radius 2 is 2.19 bits per heavy atom. The fourth-order valence-electron chi connectivity index (χ4n) is 2.75. The van der Waals surface area contributed by atoms with Gasteiger partial charge in [-0.25, -0.2) is 4.79 Å². The first-order valence-corrected chi connectivity index (χ1v) is 10.9. The van der Waals surface area contributed by atoms with Gasteiger partial charge in [0.15, 0.2) is 4.34 Å². The molecule has 2 aliphatic heterocycles. The lowest BCUT2D eigenvalue weighted by atomic mass is 10.0. The van der Waals surface area contributed by atoms with E-state index in [1.165, 1.54) is 39.8 Å². The highest BCUT2D eigenvalue weighted by molar-refractivity contribution is 8.01. The Balaban J connectivity index is 1.73. The van der Waals surface area contributed by atoms with Crippen LogP contribution in [-0.4, -0.2) is 60.9 Å². The molecular weight excluding hydrogens is 396 g/mol. The molecule has 2 atom stereocenters. The second-order valence-corrected chi connectivity index (χ2v) is 9.35. The molecule has 0 aromatic carbocycles. The molecule has 3 rings (SSSR count). The van der Waals surface area contributed by atoms with Crippen LogP contribution in [-0.2, 0) is 14.4 Å².